The Labute approximate surface area is 201 Å². The summed E-state index contributed by atoms with van der Waals surface area (Å²) in [4.78, 5) is 26.7. The maximum atomic E-state index is 12.8. The van der Waals surface area contributed by atoms with Crippen molar-refractivity contribution in [2.75, 3.05) is 11.4 Å². The van der Waals surface area contributed by atoms with E-state index in [-0.39, 0.29) is 18.4 Å². The zero-order chi connectivity index (χ0) is 23.5. The molecule has 0 radical (unpaired) electrons. The van der Waals surface area contributed by atoms with Gasteiger partial charge in [-0.15, -0.1) is 0 Å². The third kappa shape index (κ3) is 4.36. The summed E-state index contributed by atoms with van der Waals surface area (Å²) in [6.45, 7) is 0.259. The first-order valence-corrected chi connectivity index (χ1v) is 11.1. The van der Waals surface area contributed by atoms with E-state index in [4.69, 9.17) is 16.3 Å². The summed E-state index contributed by atoms with van der Waals surface area (Å²) in [7, 11) is 0. The molecule has 0 atom stereocenters. The number of hydrogen-bond acceptors (Lipinski definition) is 4. The zero-order valence-electron chi connectivity index (χ0n) is 18.1. The van der Waals surface area contributed by atoms with Crippen molar-refractivity contribution in [1.82, 2.24) is 5.43 Å². The molecule has 0 spiro atoms. The Morgan fingerprint density at radius 3 is 2.53 bits per heavy atom. The van der Waals surface area contributed by atoms with Gasteiger partial charge in [-0.1, -0.05) is 54.1 Å². The van der Waals surface area contributed by atoms with Crippen molar-refractivity contribution >= 4 is 46.1 Å². The van der Waals surface area contributed by atoms with E-state index in [1.54, 1.807) is 6.07 Å². The molecule has 2 amide bonds. The number of rotatable bonds is 7. The largest absolute Gasteiger partial charge is 0.489 e. The van der Waals surface area contributed by atoms with Gasteiger partial charge in [0.15, 0.2) is 0 Å². The minimum absolute atomic E-state index is 0.112. The first-order chi connectivity index (χ1) is 16.6. The van der Waals surface area contributed by atoms with Crippen molar-refractivity contribution in [3.05, 3.63) is 107 Å². The van der Waals surface area contributed by atoms with E-state index >= 15 is 0 Å². The van der Waals surface area contributed by atoms with Crippen LogP contribution in [0, 0.1) is 0 Å². The van der Waals surface area contributed by atoms with E-state index < -0.39 is 0 Å². The fraction of sp³-hybridized carbons (Fsp3) is 0.0741. The molecule has 0 aliphatic carbocycles. The fourth-order valence-electron chi connectivity index (χ4n) is 3.92. The summed E-state index contributed by atoms with van der Waals surface area (Å²) in [5, 5.41) is 6.54. The third-order valence-corrected chi connectivity index (χ3v) is 5.95. The molecule has 1 heterocycles. The number of anilines is 1. The monoisotopic (exact) mass is 469 g/mol. The van der Waals surface area contributed by atoms with Crippen LogP contribution < -0.4 is 15.1 Å². The molecule has 0 aromatic heterocycles. The summed E-state index contributed by atoms with van der Waals surface area (Å²) < 4.78 is 5.77. The number of hydrogen-bond donors (Lipinski definition) is 1. The van der Waals surface area contributed by atoms with Crippen molar-refractivity contribution in [1.29, 1.82) is 0 Å². The van der Waals surface area contributed by atoms with Crippen LogP contribution in [0.4, 0.5) is 5.69 Å². The Bertz CT molecular complexity index is 1410. The molecule has 4 aromatic rings. The van der Waals surface area contributed by atoms with Gasteiger partial charge in [-0.3, -0.25) is 14.5 Å². The topological polar surface area (TPSA) is 71.0 Å². The fourth-order valence-corrected chi connectivity index (χ4v) is 4.11. The highest BCUT2D eigenvalue weighted by molar-refractivity contribution is 6.31. The molecular formula is C27H20ClN3O3. The average molecular weight is 470 g/mol. The Hall–Kier alpha value is -4.16. The van der Waals surface area contributed by atoms with Gasteiger partial charge < -0.3 is 4.74 Å². The van der Waals surface area contributed by atoms with Gasteiger partial charge in [0.05, 0.1) is 11.9 Å². The standard InChI is InChI=1S/C27H20ClN3O3/c28-23-9-2-1-5-20(23)17-34-21-13-11-18(12-14-21)15-29-30-25(32)16-31-24-10-4-7-19-6-3-8-22(26(19)24)27(31)33/h1-15H,16-17H2,(H,30,32)/b29-15+. The van der Waals surface area contributed by atoms with Crippen LogP contribution in [-0.2, 0) is 11.4 Å². The molecule has 168 valence electrons. The summed E-state index contributed by atoms with van der Waals surface area (Å²) in [6, 6.07) is 26.1. The highest BCUT2D eigenvalue weighted by Crippen LogP contribution is 2.36. The molecule has 6 nitrogen and oxygen atoms in total. The number of amides is 2. The second kappa shape index (κ2) is 9.37. The predicted octanol–water partition coefficient (Wildman–Crippen LogP) is 5.18. The van der Waals surface area contributed by atoms with Crippen molar-refractivity contribution < 1.29 is 14.3 Å². The van der Waals surface area contributed by atoms with E-state index in [1.807, 2.05) is 78.9 Å². The van der Waals surface area contributed by atoms with Crippen molar-refractivity contribution in [3.8, 4) is 5.75 Å². The number of nitrogens with zero attached hydrogens (tertiary/aromatic N) is 2. The lowest BCUT2D eigenvalue weighted by Crippen LogP contribution is -2.37. The lowest BCUT2D eigenvalue weighted by Gasteiger charge is -2.16. The van der Waals surface area contributed by atoms with Gasteiger partial charge >= 0.3 is 0 Å². The molecule has 1 aliphatic rings. The van der Waals surface area contributed by atoms with E-state index in [2.05, 4.69) is 10.5 Å². The van der Waals surface area contributed by atoms with E-state index in [0.29, 0.717) is 22.9 Å². The van der Waals surface area contributed by atoms with Crippen LogP contribution in [0.3, 0.4) is 0 Å². The molecule has 0 fully saturated rings. The molecule has 0 saturated heterocycles. The lowest BCUT2D eigenvalue weighted by molar-refractivity contribution is -0.119. The van der Waals surface area contributed by atoms with Gasteiger partial charge in [0.1, 0.15) is 18.9 Å². The van der Waals surface area contributed by atoms with Crippen LogP contribution in [0.2, 0.25) is 5.02 Å². The van der Waals surface area contributed by atoms with Crippen LogP contribution in [0.15, 0.2) is 90.0 Å². The van der Waals surface area contributed by atoms with Crippen molar-refractivity contribution in [3.63, 3.8) is 0 Å². The molecule has 0 bridgehead atoms. The second-order valence-corrected chi connectivity index (χ2v) is 8.22. The smallest absolute Gasteiger partial charge is 0.260 e. The summed E-state index contributed by atoms with van der Waals surface area (Å²) in [6.07, 6.45) is 1.54. The first-order valence-electron chi connectivity index (χ1n) is 10.7. The lowest BCUT2D eigenvalue weighted by atomic mass is 10.1. The Kier molecular flexibility index (Phi) is 5.97. The number of ether oxygens (including phenoxy) is 1. The highest BCUT2D eigenvalue weighted by Gasteiger charge is 2.30. The predicted molar refractivity (Wildman–Crippen MR) is 134 cm³/mol. The van der Waals surface area contributed by atoms with Gasteiger partial charge in [0.2, 0.25) is 0 Å². The molecule has 0 saturated carbocycles. The zero-order valence-corrected chi connectivity index (χ0v) is 18.8. The SMILES string of the molecule is O=C(CN1C(=O)c2cccc3cccc1c23)N/N=C/c1ccc(OCc2ccccc2Cl)cc1. The number of carbonyl (C=O) groups excluding carboxylic acids is 2. The molecule has 0 unspecified atom stereocenters. The Morgan fingerprint density at radius 2 is 1.74 bits per heavy atom. The molecule has 7 heteroatoms. The number of halogens is 1. The van der Waals surface area contributed by atoms with Crippen LogP contribution in [0.1, 0.15) is 21.5 Å². The maximum absolute atomic E-state index is 12.8. The maximum Gasteiger partial charge on any atom is 0.260 e. The normalized spacial score (nSPS) is 12.5. The number of nitrogens with one attached hydrogen (secondary N) is 1. The van der Waals surface area contributed by atoms with Crippen LogP contribution in [0.5, 0.6) is 5.75 Å². The third-order valence-electron chi connectivity index (χ3n) is 5.59. The quantitative estimate of drug-likeness (QED) is 0.299. The molecule has 5 rings (SSSR count). The van der Waals surface area contributed by atoms with Gasteiger partial charge in [-0.25, -0.2) is 5.43 Å². The molecule has 34 heavy (non-hydrogen) atoms. The first kappa shape index (κ1) is 21.7. The van der Waals surface area contributed by atoms with Crippen molar-refractivity contribution in [2.24, 2.45) is 5.10 Å². The molecule has 4 aromatic carbocycles. The summed E-state index contributed by atoms with van der Waals surface area (Å²) in [5.41, 5.74) is 5.55. The minimum Gasteiger partial charge on any atom is -0.489 e. The summed E-state index contributed by atoms with van der Waals surface area (Å²) in [5.74, 6) is 0.134. The van der Waals surface area contributed by atoms with Gasteiger partial charge in [0, 0.05) is 21.5 Å². The van der Waals surface area contributed by atoms with E-state index in [1.165, 1.54) is 11.1 Å². The van der Waals surface area contributed by atoms with Gasteiger partial charge in [-0.2, -0.15) is 5.10 Å². The van der Waals surface area contributed by atoms with Crippen molar-refractivity contribution in [2.45, 2.75) is 6.61 Å². The van der Waals surface area contributed by atoms with E-state index in [0.717, 1.165) is 27.6 Å². The van der Waals surface area contributed by atoms with Crippen LogP contribution in [-0.4, -0.2) is 24.6 Å². The van der Waals surface area contributed by atoms with Gasteiger partial charge in [-0.05, 0) is 53.4 Å². The second-order valence-electron chi connectivity index (χ2n) is 7.81. The van der Waals surface area contributed by atoms with Crippen LogP contribution >= 0.6 is 11.6 Å². The highest BCUT2D eigenvalue weighted by atomic mass is 35.5. The Morgan fingerprint density at radius 1 is 0.971 bits per heavy atom. The molecule has 1 N–H and O–H groups in total. The number of hydrazone groups is 1. The van der Waals surface area contributed by atoms with Crippen LogP contribution in [0.25, 0.3) is 10.8 Å². The average Bonchev–Trinajstić information content (AvgIpc) is 3.12. The number of benzene rings is 4. The molecular weight excluding hydrogens is 450 g/mol. The number of carbonyl (C=O) groups is 2. The molecule has 1 aliphatic heterocycles. The van der Waals surface area contributed by atoms with E-state index in [9.17, 15) is 9.59 Å². The Balaban J connectivity index is 1.17. The minimum atomic E-state index is -0.380. The summed E-state index contributed by atoms with van der Waals surface area (Å²) >= 11 is 6.15. The van der Waals surface area contributed by atoms with Gasteiger partial charge in [0.25, 0.3) is 11.8 Å².